The lowest BCUT2D eigenvalue weighted by molar-refractivity contribution is -0.116. The lowest BCUT2D eigenvalue weighted by Gasteiger charge is -2.34. The third-order valence-electron chi connectivity index (χ3n) is 5.11. The number of nitrogens with one attached hydrogen (secondary N) is 1. The van der Waals surface area contributed by atoms with Crippen molar-refractivity contribution in [3.8, 4) is 0 Å². The number of nitrogens with zero attached hydrogens (tertiary/aromatic N) is 3. The highest BCUT2D eigenvalue weighted by atomic mass is 32.2. The monoisotopic (exact) mass is 434 g/mol. The Labute approximate surface area is 177 Å². The van der Waals surface area contributed by atoms with Gasteiger partial charge in [0.2, 0.25) is 15.9 Å². The molecule has 1 heterocycles. The molecule has 0 radical (unpaired) electrons. The van der Waals surface area contributed by atoms with Gasteiger partial charge in [-0.15, -0.1) is 0 Å². The first-order valence-electron chi connectivity index (χ1n) is 9.74. The zero-order chi connectivity index (χ0) is 21.7. The summed E-state index contributed by atoms with van der Waals surface area (Å²) in [6.07, 6.45) is 1.01. The molecule has 1 aliphatic heterocycles. The van der Waals surface area contributed by atoms with E-state index in [1.54, 1.807) is 18.2 Å². The van der Waals surface area contributed by atoms with Gasteiger partial charge in [0.05, 0.1) is 12.8 Å². The topological polar surface area (TPSA) is 73.0 Å². The highest BCUT2D eigenvalue weighted by molar-refractivity contribution is 7.88. The lowest BCUT2D eigenvalue weighted by Crippen LogP contribution is -2.44. The molecular formula is C21H27FN4O3S. The molecule has 1 N–H and O–H groups in total. The average molecular weight is 435 g/mol. The number of anilines is 2. The molecule has 1 aliphatic rings. The SMILES string of the molecule is CN1CCN(c2ccc(NC(=O)CN(Cc3ccccc3F)S(C)(=O)=O)cc2)CC1. The van der Waals surface area contributed by atoms with Crippen LogP contribution >= 0.6 is 0 Å². The second-order valence-electron chi connectivity index (χ2n) is 7.51. The average Bonchev–Trinajstić information content (AvgIpc) is 2.69. The van der Waals surface area contributed by atoms with Gasteiger partial charge in [-0.25, -0.2) is 12.8 Å². The Kier molecular flexibility index (Phi) is 7.06. The quantitative estimate of drug-likeness (QED) is 0.722. The van der Waals surface area contributed by atoms with E-state index < -0.39 is 28.3 Å². The van der Waals surface area contributed by atoms with E-state index >= 15 is 0 Å². The van der Waals surface area contributed by atoms with E-state index in [1.165, 1.54) is 18.2 Å². The maximum Gasteiger partial charge on any atom is 0.239 e. The molecular weight excluding hydrogens is 407 g/mol. The molecule has 0 atom stereocenters. The molecule has 30 heavy (non-hydrogen) atoms. The molecule has 0 spiro atoms. The number of sulfonamides is 1. The number of benzene rings is 2. The number of halogens is 1. The summed E-state index contributed by atoms with van der Waals surface area (Å²) < 4.78 is 39.0. The number of carbonyl (C=O) groups excluding carboxylic acids is 1. The van der Waals surface area contributed by atoms with Gasteiger partial charge in [0, 0.05) is 49.7 Å². The normalized spacial score (nSPS) is 15.4. The maximum atomic E-state index is 13.9. The van der Waals surface area contributed by atoms with Crippen LogP contribution in [-0.2, 0) is 21.4 Å². The van der Waals surface area contributed by atoms with Crippen LogP contribution in [0.5, 0.6) is 0 Å². The van der Waals surface area contributed by atoms with E-state index in [4.69, 9.17) is 0 Å². The van der Waals surface area contributed by atoms with Crippen molar-refractivity contribution in [1.82, 2.24) is 9.21 Å². The molecule has 7 nitrogen and oxygen atoms in total. The maximum absolute atomic E-state index is 13.9. The summed E-state index contributed by atoms with van der Waals surface area (Å²) in [4.78, 5) is 17.0. The van der Waals surface area contributed by atoms with Crippen LogP contribution in [0.25, 0.3) is 0 Å². The van der Waals surface area contributed by atoms with Gasteiger partial charge in [-0.05, 0) is 37.4 Å². The Morgan fingerprint density at radius 3 is 2.30 bits per heavy atom. The molecule has 2 aromatic rings. The molecule has 9 heteroatoms. The number of carbonyl (C=O) groups is 1. The van der Waals surface area contributed by atoms with Crippen molar-refractivity contribution < 1.29 is 17.6 Å². The minimum Gasteiger partial charge on any atom is -0.369 e. The van der Waals surface area contributed by atoms with Crippen LogP contribution in [-0.4, -0.2) is 69.6 Å². The van der Waals surface area contributed by atoms with Gasteiger partial charge in [0.1, 0.15) is 5.82 Å². The van der Waals surface area contributed by atoms with Gasteiger partial charge >= 0.3 is 0 Å². The number of likely N-dealkylation sites (N-methyl/N-ethyl adjacent to an activating group) is 1. The Morgan fingerprint density at radius 1 is 1.07 bits per heavy atom. The first kappa shape index (κ1) is 22.2. The highest BCUT2D eigenvalue weighted by Crippen LogP contribution is 2.19. The van der Waals surface area contributed by atoms with E-state index in [9.17, 15) is 17.6 Å². The van der Waals surface area contributed by atoms with Crippen molar-refractivity contribution in [2.45, 2.75) is 6.54 Å². The minimum absolute atomic E-state index is 0.207. The van der Waals surface area contributed by atoms with Gasteiger partial charge in [0.15, 0.2) is 0 Å². The predicted molar refractivity (Wildman–Crippen MR) is 116 cm³/mol. The first-order chi connectivity index (χ1) is 14.2. The molecule has 0 aromatic heterocycles. The fraction of sp³-hybridized carbons (Fsp3) is 0.381. The molecule has 0 bridgehead atoms. The fourth-order valence-electron chi connectivity index (χ4n) is 3.29. The number of hydrogen-bond donors (Lipinski definition) is 1. The lowest BCUT2D eigenvalue weighted by atomic mass is 10.2. The van der Waals surface area contributed by atoms with Crippen molar-refractivity contribution in [3.63, 3.8) is 0 Å². The van der Waals surface area contributed by atoms with Crippen LogP contribution in [0.3, 0.4) is 0 Å². The molecule has 1 saturated heterocycles. The number of rotatable bonds is 7. The Balaban J connectivity index is 1.62. The Hall–Kier alpha value is -2.49. The third kappa shape index (κ3) is 6.01. The van der Waals surface area contributed by atoms with Gasteiger partial charge in [-0.3, -0.25) is 4.79 Å². The number of hydrogen-bond acceptors (Lipinski definition) is 5. The minimum atomic E-state index is -3.70. The van der Waals surface area contributed by atoms with Gasteiger partial charge in [-0.2, -0.15) is 4.31 Å². The largest absolute Gasteiger partial charge is 0.369 e. The fourth-order valence-corrected chi connectivity index (χ4v) is 4.01. The Morgan fingerprint density at radius 2 is 1.70 bits per heavy atom. The van der Waals surface area contributed by atoms with E-state index in [2.05, 4.69) is 22.2 Å². The van der Waals surface area contributed by atoms with E-state index in [-0.39, 0.29) is 12.1 Å². The zero-order valence-corrected chi connectivity index (χ0v) is 18.0. The van der Waals surface area contributed by atoms with Crippen LogP contribution in [0, 0.1) is 5.82 Å². The van der Waals surface area contributed by atoms with Gasteiger partial charge in [0.25, 0.3) is 0 Å². The van der Waals surface area contributed by atoms with Crippen LogP contribution in [0.1, 0.15) is 5.56 Å². The highest BCUT2D eigenvalue weighted by Gasteiger charge is 2.22. The smallest absolute Gasteiger partial charge is 0.239 e. The second-order valence-corrected chi connectivity index (χ2v) is 9.49. The molecule has 1 fully saturated rings. The molecule has 0 saturated carbocycles. The van der Waals surface area contributed by atoms with E-state index in [1.807, 2.05) is 12.1 Å². The summed E-state index contributed by atoms with van der Waals surface area (Å²) in [5, 5.41) is 2.72. The number of piperazine rings is 1. The molecule has 0 unspecified atom stereocenters. The molecule has 3 rings (SSSR count). The molecule has 2 aromatic carbocycles. The van der Waals surface area contributed by atoms with Crippen molar-refractivity contribution in [3.05, 3.63) is 59.9 Å². The summed E-state index contributed by atoms with van der Waals surface area (Å²) in [5.74, 6) is -0.991. The Bertz CT molecular complexity index is 974. The summed E-state index contributed by atoms with van der Waals surface area (Å²) in [6.45, 7) is 3.29. The predicted octanol–water partition coefficient (Wildman–Crippen LogP) is 1.98. The molecule has 1 amide bonds. The molecule has 0 aliphatic carbocycles. The van der Waals surface area contributed by atoms with Crippen molar-refractivity contribution in [2.75, 3.05) is 56.2 Å². The van der Waals surface area contributed by atoms with Crippen LogP contribution in [0.4, 0.5) is 15.8 Å². The van der Waals surface area contributed by atoms with Crippen molar-refractivity contribution in [1.29, 1.82) is 0 Å². The van der Waals surface area contributed by atoms with E-state index in [0.717, 1.165) is 42.4 Å². The van der Waals surface area contributed by atoms with Crippen LogP contribution < -0.4 is 10.2 Å². The van der Waals surface area contributed by atoms with Crippen LogP contribution in [0.2, 0.25) is 0 Å². The summed E-state index contributed by atoms with van der Waals surface area (Å²) in [5.41, 5.74) is 1.88. The van der Waals surface area contributed by atoms with Gasteiger partial charge < -0.3 is 15.1 Å². The van der Waals surface area contributed by atoms with E-state index in [0.29, 0.717) is 5.69 Å². The first-order valence-corrected chi connectivity index (χ1v) is 11.6. The van der Waals surface area contributed by atoms with Crippen molar-refractivity contribution in [2.24, 2.45) is 0 Å². The standard InChI is InChI=1S/C21H27FN4O3S/c1-24-11-13-25(14-12-24)19-9-7-18(8-10-19)23-21(27)16-26(30(2,28)29)15-17-5-3-4-6-20(17)22/h3-10H,11-16H2,1-2H3,(H,23,27). The van der Waals surface area contributed by atoms with Crippen molar-refractivity contribution >= 4 is 27.3 Å². The number of amides is 1. The zero-order valence-electron chi connectivity index (χ0n) is 17.2. The van der Waals surface area contributed by atoms with Crippen LogP contribution in [0.15, 0.2) is 48.5 Å². The third-order valence-corrected chi connectivity index (χ3v) is 6.31. The summed E-state index contributed by atoms with van der Waals surface area (Å²) in [6, 6.07) is 13.4. The summed E-state index contributed by atoms with van der Waals surface area (Å²) >= 11 is 0. The summed E-state index contributed by atoms with van der Waals surface area (Å²) in [7, 11) is -1.60. The van der Waals surface area contributed by atoms with Gasteiger partial charge in [-0.1, -0.05) is 18.2 Å². The molecule has 162 valence electrons. The second kappa shape index (κ2) is 9.55.